The van der Waals surface area contributed by atoms with Crippen molar-refractivity contribution < 1.29 is 24.1 Å². The van der Waals surface area contributed by atoms with Crippen LogP contribution in [0.1, 0.15) is 17.4 Å². The van der Waals surface area contributed by atoms with E-state index < -0.39 is 36.9 Å². The third-order valence-electron chi connectivity index (χ3n) is 4.74. The summed E-state index contributed by atoms with van der Waals surface area (Å²) in [4.78, 5) is 0. The second-order valence-electron chi connectivity index (χ2n) is 6.58. The molecular weight excluding hydrogens is 334 g/mol. The zero-order valence-corrected chi connectivity index (χ0v) is 14.3. The molecule has 4 rings (SSSR count). The molecule has 2 aliphatic rings. The lowest BCUT2D eigenvalue weighted by Crippen LogP contribution is -2.64. The van der Waals surface area contributed by atoms with Gasteiger partial charge in [-0.05, 0) is 5.56 Å². The zero-order chi connectivity index (χ0) is 17.9. The maximum absolute atomic E-state index is 10.6. The number of benzene rings is 2. The highest BCUT2D eigenvalue weighted by atomic mass is 16.7. The van der Waals surface area contributed by atoms with Crippen LogP contribution in [-0.2, 0) is 25.6 Å². The van der Waals surface area contributed by atoms with E-state index >= 15 is 0 Å². The Morgan fingerprint density at radius 1 is 1.00 bits per heavy atom. The number of nitrogens with two attached hydrogens (primary N) is 1. The first-order valence-electron chi connectivity index (χ1n) is 8.79. The maximum Gasteiger partial charge on any atom is 0.184 e. The van der Waals surface area contributed by atoms with Crippen LogP contribution in [0.25, 0.3) is 0 Å². The zero-order valence-electron chi connectivity index (χ0n) is 14.3. The van der Waals surface area contributed by atoms with E-state index in [1.54, 1.807) is 0 Å². The Kier molecular flexibility index (Phi) is 5.31. The predicted octanol–water partition coefficient (Wildman–Crippen LogP) is 1.73. The molecule has 0 spiro atoms. The van der Waals surface area contributed by atoms with Crippen LogP contribution in [0.2, 0.25) is 0 Å². The number of rotatable bonds is 4. The van der Waals surface area contributed by atoms with Gasteiger partial charge in [-0.15, -0.1) is 0 Å². The fourth-order valence-electron chi connectivity index (χ4n) is 3.29. The van der Waals surface area contributed by atoms with Gasteiger partial charge in [-0.2, -0.15) is 0 Å². The van der Waals surface area contributed by atoms with Crippen molar-refractivity contribution in [1.82, 2.24) is 0 Å². The fraction of sp³-hybridized carbons (Fsp3) is 0.400. The van der Waals surface area contributed by atoms with Crippen molar-refractivity contribution in [1.29, 1.82) is 0 Å². The molecule has 6 atom stereocenters. The second-order valence-corrected chi connectivity index (χ2v) is 6.58. The summed E-state index contributed by atoms with van der Waals surface area (Å²) < 4.78 is 23.4. The molecule has 2 heterocycles. The number of aliphatic hydroxyl groups excluding tert-OH is 1. The summed E-state index contributed by atoms with van der Waals surface area (Å²) >= 11 is 0. The molecule has 0 aromatic heterocycles. The van der Waals surface area contributed by atoms with E-state index in [0.717, 1.165) is 11.1 Å². The van der Waals surface area contributed by atoms with Crippen LogP contribution in [0, 0.1) is 0 Å². The van der Waals surface area contributed by atoms with Crippen molar-refractivity contribution in [2.45, 2.75) is 43.5 Å². The third kappa shape index (κ3) is 3.66. The van der Waals surface area contributed by atoms with Gasteiger partial charge in [-0.3, -0.25) is 0 Å². The van der Waals surface area contributed by atoms with Gasteiger partial charge in [0.15, 0.2) is 12.6 Å². The van der Waals surface area contributed by atoms with Gasteiger partial charge in [0, 0.05) is 5.56 Å². The summed E-state index contributed by atoms with van der Waals surface area (Å²) in [6.07, 6.45) is -3.13. The van der Waals surface area contributed by atoms with E-state index in [1.807, 2.05) is 60.7 Å². The minimum Gasteiger partial charge on any atom is -0.388 e. The van der Waals surface area contributed by atoms with E-state index in [2.05, 4.69) is 0 Å². The molecule has 6 heteroatoms. The van der Waals surface area contributed by atoms with Crippen LogP contribution in [0.4, 0.5) is 0 Å². The molecule has 0 aliphatic carbocycles. The van der Waals surface area contributed by atoms with Crippen molar-refractivity contribution in [3.63, 3.8) is 0 Å². The molecule has 138 valence electrons. The molecule has 26 heavy (non-hydrogen) atoms. The van der Waals surface area contributed by atoms with Gasteiger partial charge < -0.3 is 29.8 Å². The highest BCUT2D eigenvalue weighted by Crippen LogP contribution is 2.33. The van der Waals surface area contributed by atoms with Crippen LogP contribution in [0.3, 0.4) is 0 Å². The molecule has 2 aromatic rings. The highest BCUT2D eigenvalue weighted by molar-refractivity contribution is 5.17. The molecule has 2 aliphatic heterocycles. The lowest BCUT2D eigenvalue weighted by atomic mass is 9.96. The Balaban J connectivity index is 1.40. The van der Waals surface area contributed by atoms with E-state index in [0.29, 0.717) is 13.2 Å². The molecule has 1 unspecified atom stereocenters. The standard InChI is InChI=1S/C20H23NO5/c21-16-17(22)18-15(12-24-19(26-18)14-9-5-2-6-10-14)25-20(16)23-11-13-7-3-1-4-8-13/h1-10,15-20,22H,11-12,21H2/t15-,16-,17+,18-,19?,20+/m1/s1. The van der Waals surface area contributed by atoms with Gasteiger partial charge in [0.05, 0.1) is 19.3 Å². The molecule has 0 amide bonds. The normalized spacial score (nSPS) is 34.2. The number of ether oxygens (including phenoxy) is 4. The first-order valence-corrected chi connectivity index (χ1v) is 8.79. The van der Waals surface area contributed by atoms with E-state index in [4.69, 9.17) is 24.7 Å². The van der Waals surface area contributed by atoms with E-state index in [-0.39, 0.29) is 0 Å². The molecule has 0 saturated carbocycles. The maximum atomic E-state index is 10.6. The summed E-state index contributed by atoms with van der Waals surface area (Å²) in [6.45, 7) is 0.664. The smallest absolute Gasteiger partial charge is 0.184 e. The monoisotopic (exact) mass is 357 g/mol. The van der Waals surface area contributed by atoms with Gasteiger partial charge >= 0.3 is 0 Å². The molecule has 0 radical (unpaired) electrons. The molecular formula is C20H23NO5. The Labute approximate surface area is 152 Å². The molecule has 2 aromatic carbocycles. The third-order valence-corrected chi connectivity index (χ3v) is 4.74. The molecule has 6 nitrogen and oxygen atoms in total. The van der Waals surface area contributed by atoms with Crippen LogP contribution in [0.15, 0.2) is 60.7 Å². The number of hydrogen-bond donors (Lipinski definition) is 2. The van der Waals surface area contributed by atoms with Gasteiger partial charge in [0.2, 0.25) is 0 Å². The molecule has 3 N–H and O–H groups in total. The van der Waals surface area contributed by atoms with Crippen LogP contribution in [-0.4, -0.2) is 42.4 Å². The summed E-state index contributed by atoms with van der Waals surface area (Å²) in [6, 6.07) is 18.7. The average molecular weight is 357 g/mol. The highest BCUT2D eigenvalue weighted by Gasteiger charge is 2.48. The average Bonchev–Trinajstić information content (AvgIpc) is 2.71. The molecule has 0 bridgehead atoms. The van der Waals surface area contributed by atoms with Gasteiger partial charge in [0.25, 0.3) is 0 Å². The Bertz CT molecular complexity index is 696. The summed E-state index contributed by atoms with van der Waals surface area (Å²) in [5, 5.41) is 10.6. The fourth-order valence-corrected chi connectivity index (χ4v) is 3.29. The Morgan fingerprint density at radius 3 is 2.42 bits per heavy atom. The minimum atomic E-state index is -0.898. The topological polar surface area (TPSA) is 83.2 Å². The van der Waals surface area contributed by atoms with E-state index in [9.17, 15) is 5.11 Å². The van der Waals surface area contributed by atoms with Crippen molar-refractivity contribution in [3.05, 3.63) is 71.8 Å². The minimum absolute atomic E-state index is 0.305. The van der Waals surface area contributed by atoms with Gasteiger partial charge in [-0.25, -0.2) is 0 Å². The summed E-state index contributed by atoms with van der Waals surface area (Å²) in [7, 11) is 0. The van der Waals surface area contributed by atoms with Crippen LogP contribution >= 0.6 is 0 Å². The first-order chi connectivity index (χ1) is 12.7. The first kappa shape index (κ1) is 17.6. The number of aliphatic hydroxyl groups is 1. The van der Waals surface area contributed by atoms with Gasteiger partial charge in [-0.1, -0.05) is 60.7 Å². The molecule has 2 fully saturated rings. The predicted molar refractivity (Wildman–Crippen MR) is 93.9 cm³/mol. The largest absolute Gasteiger partial charge is 0.388 e. The number of fused-ring (bicyclic) bond motifs is 1. The van der Waals surface area contributed by atoms with Crippen molar-refractivity contribution in [3.8, 4) is 0 Å². The van der Waals surface area contributed by atoms with Crippen LogP contribution in [0.5, 0.6) is 0 Å². The molecule has 2 saturated heterocycles. The Morgan fingerprint density at radius 2 is 1.69 bits per heavy atom. The number of hydrogen-bond acceptors (Lipinski definition) is 6. The second kappa shape index (κ2) is 7.84. The van der Waals surface area contributed by atoms with Crippen molar-refractivity contribution in [2.75, 3.05) is 6.61 Å². The van der Waals surface area contributed by atoms with Crippen LogP contribution < -0.4 is 5.73 Å². The quantitative estimate of drug-likeness (QED) is 0.867. The summed E-state index contributed by atoms with van der Waals surface area (Å²) in [5.41, 5.74) is 8.07. The van der Waals surface area contributed by atoms with Crippen molar-refractivity contribution >= 4 is 0 Å². The Hall–Kier alpha value is -1.80. The SMILES string of the molecule is N[C@H]1[C@@H](OCc2ccccc2)O[C@@H]2COC(c3ccccc3)O[C@H]2[C@H]1O. The van der Waals surface area contributed by atoms with E-state index in [1.165, 1.54) is 0 Å². The van der Waals surface area contributed by atoms with Gasteiger partial charge in [0.1, 0.15) is 18.3 Å². The lowest BCUT2D eigenvalue weighted by Gasteiger charge is -2.46. The summed E-state index contributed by atoms with van der Waals surface area (Å²) in [5.74, 6) is 0. The lowest BCUT2D eigenvalue weighted by molar-refractivity contribution is -0.343. The van der Waals surface area contributed by atoms with Crippen molar-refractivity contribution in [2.24, 2.45) is 5.73 Å².